The summed E-state index contributed by atoms with van der Waals surface area (Å²) in [4.78, 5) is 22.7. The fourth-order valence-electron chi connectivity index (χ4n) is 1.55. The SMILES string of the molecule is Cn1ccc(C(=O)Nc2cc(F)c(F)cc2C(=O)O)n1. The Bertz CT molecular complexity index is 697. The summed E-state index contributed by atoms with van der Waals surface area (Å²) in [6.07, 6.45) is 1.51. The highest BCUT2D eigenvalue weighted by Crippen LogP contribution is 2.20. The van der Waals surface area contributed by atoms with E-state index < -0.39 is 29.1 Å². The maximum atomic E-state index is 13.1. The Morgan fingerprint density at radius 2 is 1.95 bits per heavy atom. The highest BCUT2D eigenvalue weighted by molar-refractivity contribution is 6.06. The number of hydrogen-bond donors (Lipinski definition) is 2. The average Bonchev–Trinajstić information content (AvgIpc) is 2.80. The van der Waals surface area contributed by atoms with Crippen LogP contribution in [0.15, 0.2) is 24.4 Å². The zero-order valence-corrected chi connectivity index (χ0v) is 10.2. The van der Waals surface area contributed by atoms with E-state index in [-0.39, 0.29) is 11.4 Å². The fraction of sp³-hybridized carbons (Fsp3) is 0.0833. The van der Waals surface area contributed by atoms with E-state index >= 15 is 0 Å². The molecule has 0 aliphatic carbocycles. The summed E-state index contributed by atoms with van der Waals surface area (Å²) in [6, 6.07) is 2.51. The van der Waals surface area contributed by atoms with E-state index in [4.69, 9.17) is 5.11 Å². The first-order chi connectivity index (χ1) is 9.38. The van der Waals surface area contributed by atoms with E-state index in [0.717, 1.165) is 0 Å². The third kappa shape index (κ3) is 2.63. The lowest BCUT2D eigenvalue weighted by atomic mass is 10.1. The molecule has 0 fully saturated rings. The number of nitrogens with zero attached hydrogens (tertiary/aromatic N) is 2. The van der Waals surface area contributed by atoms with Crippen molar-refractivity contribution in [2.75, 3.05) is 5.32 Å². The standard InChI is InChI=1S/C12H9F2N3O3/c1-17-3-2-9(16-17)11(18)15-10-5-8(14)7(13)4-6(10)12(19)20/h2-5H,1H3,(H,15,18)(H,19,20). The number of carbonyl (C=O) groups excluding carboxylic acids is 1. The molecular weight excluding hydrogens is 272 g/mol. The molecular formula is C12H9F2N3O3. The molecule has 6 nitrogen and oxygen atoms in total. The molecule has 8 heteroatoms. The molecule has 0 spiro atoms. The predicted octanol–water partition coefficient (Wildman–Crippen LogP) is 1.65. The molecule has 0 aliphatic heterocycles. The van der Waals surface area contributed by atoms with Crippen molar-refractivity contribution in [3.05, 3.63) is 47.3 Å². The second-order valence-electron chi connectivity index (χ2n) is 3.95. The van der Waals surface area contributed by atoms with Crippen molar-refractivity contribution in [2.45, 2.75) is 0 Å². The highest BCUT2D eigenvalue weighted by Gasteiger charge is 2.18. The molecule has 2 rings (SSSR count). The first-order valence-electron chi connectivity index (χ1n) is 5.42. The van der Waals surface area contributed by atoms with Gasteiger partial charge in [-0.2, -0.15) is 5.10 Å². The van der Waals surface area contributed by atoms with Crippen LogP contribution in [-0.4, -0.2) is 26.8 Å². The molecule has 104 valence electrons. The van der Waals surface area contributed by atoms with Crippen LogP contribution in [0, 0.1) is 11.6 Å². The number of benzene rings is 1. The van der Waals surface area contributed by atoms with Gasteiger partial charge in [-0.1, -0.05) is 0 Å². The van der Waals surface area contributed by atoms with Gasteiger partial charge in [0, 0.05) is 19.3 Å². The third-order valence-electron chi connectivity index (χ3n) is 2.49. The molecule has 1 heterocycles. The monoisotopic (exact) mass is 281 g/mol. The minimum absolute atomic E-state index is 0.0218. The molecule has 1 amide bonds. The Morgan fingerprint density at radius 3 is 2.50 bits per heavy atom. The van der Waals surface area contributed by atoms with E-state index in [9.17, 15) is 18.4 Å². The van der Waals surface area contributed by atoms with Crippen LogP contribution >= 0.6 is 0 Å². The number of carbonyl (C=O) groups is 2. The summed E-state index contributed by atoms with van der Waals surface area (Å²) in [5.74, 6) is -4.77. The van der Waals surface area contributed by atoms with Crippen molar-refractivity contribution >= 4 is 17.6 Å². The number of carboxylic acid groups (broad SMARTS) is 1. The first-order valence-corrected chi connectivity index (χ1v) is 5.42. The molecule has 2 N–H and O–H groups in total. The van der Waals surface area contributed by atoms with Gasteiger partial charge in [0.15, 0.2) is 17.3 Å². The van der Waals surface area contributed by atoms with Crippen LogP contribution in [0.5, 0.6) is 0 Å². The highest BCUT2D eigenvalue weighted by atomic mass is 19.2. The number of aromatic carboxylic acids is 1. The van der Waals surface area contributed by atoms with Crippen molar-refractivity contribution in [2.24, 2.45) is 7.05 Å². The summed E-state index contributed by atoms with van der Waals surface area (Å²) in [6.45, 7) is 0. The van der Waals surface area contributed by atoms with Crippen molar-refractivity contribution < 1.29 is 23.5 Å². The Balaban J connectivity index is 2.35. The van der Waals surface area contributed by atoms with Crippen LogP contribution in [0.3, 0.4) is 0 Å². The molecule has 0 unspecified atom stereocenters. The van der Waals surface area contributed by atoms with Gasteiger partial charge in [0.1, 0.15) is 0 Å². The number of nitrogens with one attached hydrogen (secondary N) is 1. The maximum Gasteiger partial charge on any atom is 0.337 e. The minimum atomic E-state index is -1.49. The number of aromatic nitrogens is 2. The summed E-state index contributed by atoms with van der Waals surface area (Å²) in [5.41, 5.74) is -0.867. The molecule has 0 aliphatic rings. The van der Waals surface area contributed by atoms with Gasteiger partial charge in [0.25, 0.3) is 5.91 Å². The van der Waals surface area contributed by atoms with Crippen LogP contribution in [-0.2, 0) is 7.05 Å². The average molecular weight is 281 g/mol. The van der Waals surface area contributed by atoms with E-state index in [2.05, 4.69) is 10.4 Å². The Kier molecular flexibility index (Phi) is 3.47. The van der Waals surface area contributed by atoms with Gasteiger partial charge in [-0.15, -0.1) is 0 Å². The van der Waals surface area contributed by atoms with Gasteiger partial charge in [0.05, 0.1) is 11.3 Å². The third-order valence-corrected chi connectivity index (χ3v) is 2.49. The number of carboxylic acids is 1. The lowest BCUT2D eigenvalue weighted by Gasteiger charge is -2.08. The summed E-state index contributed by atoms with van der Waals surface area (Å²) >= 11 is 0. The zero-order valence-electron chi connectivity index (χ0n) is 10.2. The zero-order chi connectivity index (χ0) is 14.9. The molecule has 1 aromatic heterocycles. The topological polar surface area (TPSA) is 84.2 Å². The number of halogens is 2. The van der Waals surface area contributed by atoms with Crippen LogP contribution in [0.2, 0.25) is 0 Å². The minimum Gasteiger partial charge on any atom is -0.478 e. The lowest BCUT2D eigenvalue weighted by Crippen LogP contribution is -2.16. The molecule has 0 radical (unpaired) electrons. The van der Waals surface area contributed by atoms with Gasteiger partial charge in [-0.25, -0.2) is 13.6 Å². The maximum absolute atomic E-state index is 13.1. The van der Waals surface area contributed by atoms with E-state index in [1.807, 2.05) is 0 Å². The molecule has 0 atom stereocenters. The number of rotatable bonds is 3. The number of amides is 1. The van der Waals surface area contributed by atoms with E-state index in [0.29, 0.717) is 12.1 Å². The number of hydrogen-bond acceptors (Lipinski definition) is 3. The Hall–Kier alpha value is -2.77. The smallest absolute Gasteiger partial charge is 0.337 e. The van der Waals surface area contributed by atoms with E-state index in [1.54, 1.807) is 7.05 Å². The predicted molar refractivity (Wildman–Crippen MR) is 64.5 cm³/mol. The summed E-state index contributed by atoms with van der Waals surface area (Å²) < 4.78 is 27.5. The Morgan fingerprint density at radius 1 is 1.30 bits per heavy atom. The second-order valence-corrected chi connectivity index (χ2v) is 3.95. The molecule has 2 aromatic rings. The van der Waals surface area contributed by atoms with Crippen LogP contribution in [0.1, 0.15) is 20.8 Å². The van der Waals surface area contributed by atoms with Crippen molar-refractivity contribution in [3.63, 3.8) is 0 Å². The van der Waals surface area contributed by atoms with Crippen molar-refractivity contribution in [1.82, 2.24) is 9.78 Å². The normalized spacial score (nSPS) is 10.3. The molecule has 0 saturated heterocycles. The molecule has 1 aromatic carbocycles. The van der Waals surface area contributed by atoms with Crippen molar-refractivity contribution in [1.29, 1.82) is 0 Å². The second kappa shape index (κ2) is 5.08. The van der Waals surface area contributed by atoms with Crippen molar-refractivity contribution in [3.8, 4) is 0 Å². The number of anilines is 1. The van der Waals surface area contributed by atoms with Crippen LogP contribution in [0.25, 0.3) is 0 Å². The fourth-order valence-corrected chi connectivity index (χ4v) is 1.55. The van der Waals surface area contributed by atoms with Gasteiger partial charge in [-0.05, 0) is 12.1 Å². The molecule has 20 heavy (non-hydrogen) atoms. The largest absolute Gasteiger partial charge is 0.478 e. The van der Waals surface area contributed by atoms with Gasteiger partial charge < -0.3 is 10.4 Å². The summed E-state index contributed by atoms with van der Waals surface area (Å²) in [7, 11) is 1.59. The number of aryl methyl sites for hydroxylation is 1. The quantitative estimate of drug-likeness (QED) is 0.896. The van der Waals surface area contributed by atoms with E-state index in [1.165, 1.54) is 16.9 Å². The van der Waals surface area contributed by atoms with Gasteiger partial charge in [0.2, 0.25) is 0 Å². The first kappa shape index (κ1) is 13.7. The van der Waals surface area contributed by atoms with Gasteiger partial charge >= 0.3 is 5.97 Å². The lowest BCUT2D eigenvalue weighted by molar-refractivity contribution is 0.0697. The van der Waals surface area contributed by atoms with Gasteiger partial charge in [-0.3, -0.25) is 9.48 Å². The molecule has 0 bridgehead atoms. The molecule has 0 saturated carbocycles. The Labute approximate surface area is 111 Å². The van der Waals surface area contributed by atoms with Crippen LogP contribution in [0.4, 0.5) is 14.5 Å². The summed E-state index contributed by atoms with van der Waals surface area (Å²) in [5, 5.41) is 14.9. The van der Waals surface area contributed by atoms with Crippen LogP contribution < -0.4 is 5.32 Å².